The molecule has 2 aliphatic heterocycles. The summed E-state index contributed by atoms with van der Waals surface area (Å²) in [6.07, 6.45) is 0. The highest BCUT2D eigenvalue weighted by molar-refractivity contribution is 8.00. The monoisotopic (exact) mass is 321 g/mol. The van der Waals surface area contributed by atoms with E-state index in [0.717, 1.165) is 17.2 Å². The Kier molecular flexibility index (Phi) is 4.17. The fourth-order valence-corrected chi connectivity index (χ4v) is 4.10. The molecule has 1 fully saturated rings. The normalized spacial score (nSPS) is 24.3. The highest BCUT2D eigenvalue weighted by Crippen LogP contribution is 2.27. The molecule has 0 spiro atoms. The van der Waals surface area contributed by atoms with E-state index in [1.54, 1.807) is 30.0 Å². The average molecular weight is 321 g/mol. The van der Waals surface area contributed by atoms with Crippen molar-refractivity contribution in [3.05, 3.63) is 29.8 Å². The third-order valence-electron chi connectivity index (χ3n) is 3.97. The number of amides is 1. The first-order chi connectivity index (χ1) is 10.6. The Hall–Kier alpha value is -1.86. The van der Waals surface area contributed by atoms with E-state index in [1.807, 2.05) is 6.07 Å². The van der Waals surface area contributed by atoms with Gasteiger partial charge >= 0.3 is 11.9 Å². The second-order valence-corrected chi connectivity index (χ2v) is 6.63. The number of ether oxygens (including phenoxy) is 1. The maximum absolute atomic E-state index is 12.2. The van der Waals surface area contributed by atoms with E-state index >= 15 is 0 Å². The van der Waals surface area contributed by atoms with Crippen molar-refractivity contribution < 1.29 is 24.0 Å². The number of methoxy groups -OCH3 is 1. The van der Waals surface area contributed by atoms with Gasteiger partial charge in [0.15, 0.2) is 11.9 Å². The lowest BCUT2D eigenvalue weighted by molar-refractivity contribution is -0.896. The number of Topliss-reactive ketones (excluding diaryl/α,β-unsaturated/α-hetero) is 1. The van der Waals surface area contributed by atoms with Crippen LogP contribution in [0, 0.1) is 0 Å². The van der Waals surface area contributed by atoms with Crippen LogP contribution in [0.3, 0.4) is 0 Å². The van der Waals surface area contributed by atoms with Crippen LogP contribution in [-0.2, 0) is 14.3 Å². The number of carbonyl (C=O) groups excluding carboxylic acids is 3. The van der Waals surface area contributed by atoms with E-state index < -0.39 is 11.7 Å². The number of ketones is 1. The third kappa shape index (κ3) is 2.62. The number of fused-ring (bicyclic) bond motifs is 1. The molecule has 1 amide bonds. The van der Waals surface area contributed by atoms with Crippen molar-refractivity contribution in [1.29, 1.82) is 0 Å². The van der Waals surface area contributed by atoms with Crippen LogP contribution in [0.1, 0.15) is 10.4 Å². The van der Waals surface area contributed by atoms with Gasteiger partial charge in [0.2, 0.25) is 0 Å². The van der Waals surface area contributed by atoms with Crippen LogP contribution in [0.25, 0.3) is 0 Å². The van der Waals surface area contributed by atoms with Gasteiger partial charge in [0.05, 0.1) is 24.9 Å². The Morgan fingerprint density at radius 3 is 2.95 bits per heavy atom. The summed E-state index contributed by atoms with van der Waals surface area (Å²) in [5.41, 5.74) is 1.13. The summed E-state index contributed by atoms with van der Waals surface area (Å²) in [5.74, 6) is -0.342. The van der Waals surface area contributed by atoms with Crippen LogP contribution in [0.4, 0.5) is 5.69 Å². The number of rotatable bonds is 3. The molecule has 2 atom stereocenters. The van der Waals surface area contributed by atoms with E-state index in [9.17, 15) is 14.4 Å². The third-order valence-corrected chi connectivity index (χ3v) is 5.17. The number of thioether (sulfide) groups is 1. The van der Waals surface area contributed by atoms with E-state index in [4.69, 9.17) is 4.74 Å². The Balaban J connectivity index is 1.75. The molecule has 0 aromatic heterocycles. The molecule has 0 bridgehead atoms. The van der Waals surface area contributed by atoms with Gasteiger partial charge < -0.3 is 9.64 Å². The lowest BCUT2D eigenvalue weighted by atomic mass is 10.1. The van der Waals surface area contributed by atoms with Crippen molar-refractivity contribution in [3.63, 3.8) is 0 Å². The molecule has 22 heavy (non-hydrogen) atoms. The van der Waals surface area contributed by atoms with Gasteiger partial charge in [-0.15, -0.1) is 11.8 Å². The van der Waals surface area contributed by atoms with Crippen molar-refractivity contribution in [3.8, 4) is 0 Å². The highest BCUT2D eigenvalue weighted by atomic mass is 32.2. The second-order valence-electron chi connectivity index (χ2n) is 5.32. The van der Waals surface area contributed by atoms with Crippen molar-refractivity contribution in [2.45, 2.75) is 5.25 Å². The van der Waals surface area contributed by atoms with Gasteiger partial charge in [-0.25, -0.2) is 0 Å². The minimum absolute atomic E-state index is 0.211. The molecule has 116 valence electrons. The summed E-state index contributed by atoms with van der Waals surface area (Å²) >= 11 is 1.58. The summed E-state index contributed by atoms with van der Waals surface area (Å²) in [5, 5.41) is -0.211. The first-order valence-electron chi connectivity index (χ1n) is 7.10. The summed E-state index contributed by atoms with van der Waals surface area (Å²) in [4.78, 5) is 38.5. The molecule has 7 heteroatoms. The van der Waals surface area contributed by atoms with Crippen molar-refractivity contribution in [2.75, 3.05) is 37.5 Å². The smallest absolute Gasteiger partial charge is 0.324 e. The van der Waals surface area contributed by atoms with Crippen LogP contribution in [0.15, 0.2) is 24.3 Å². The second kappa shape index (κ2) is 6.10. The molecular formula is C15H17N2O4S+. The van der Waals surface area contributed by atoms with Crippen LogP contribution in [-0.4, -0.2) is 55.5 Å². The molecule has 1 unspecified atom stereocenters. The maximum Gasteiger partial charge on any atom is 0.324 e. The molecule has 1 N–H and O–H groups in total. The predicted octanol–water partition coefficient (Wildman–Crippen LogP) is -0.653. The van der Waals surface area contributed by atoms with Crippen molar-refractivity contribution in [1.82, 2.24) is 0 Å². The van der Waals surface area contributed by atoms with Gasteiger partial charge in [0.1, 0.15) is 6.54 Å². The molecule has 2 heterocycles. The number of benzene rings is 1. The molecule has 1 aromatic carbocycles. The van der Waals surface area contributed by atoms with Crippen LogP contribution in [0.2, 0.25) is 0 Å². The van der Waals surface area contributed by atoms with Gasteiger partial charge in [-0.05, 0) is 12.1 Å². The highest BCUT2D eigenvalue weighted by Gasteiger charge is 2.39. The summed E-state index contributed by atoms with van der Waals surface area (Å²) in [6, 6.07) is 7.03. The van der Waals surface area contributed by atoms with E-state index in [2.05, 4.69) is 0 Å². The number of quaternary nitrogens is 1. The number of nitrogens with one attached hydrogen (secondary N) is 1. The van der Waals surface area contributed by atoms with Gasteiger partial charge in [-0.2, -0.15) is 0 Å². The Labute approximate surface area is 132 Å². The predicted molar refractivity (Wildman–Crippen MR) is 82.1 cm³/mol. The lowest BCUT2D eigenvalue weighted by Crippen LogP contribution is -3.16. The largest absolute Gasteiger partial charge is 0.468 e. The molecule has 0 aliphatic carbocycles. The number of esters is 1. The van der Waals surface area contributed by atoms with Crippen LogP contribution >= 0.6 is 11.8 Å². The standard InChI is InChI=1S/C15H16N2O4S/c1-21-15(20)12-8-16(6-7-22-12)9-17-11-5-3-2-4-10(11)13(18)14(17)19/h2-5,12H,6-9H2,1H3/p+1/t12-/m1/s1. The first-order valence-corrected chi connectivity index (χ1v) is 8.15. The topological polar surface area (TPSA) is 68.1 Å². The van der Waals surface area contributed by atoms with E-state index in [0.29, 0.717) is 24.5 Å². The minimum Gasteiger partial charge on any atom is -0.468 e. The zero-order chi connectivity index (χ0) is 15.7. The van der Waals surface area contributed by atoms with E-state index in [1.165, 1.54) is 12.0 Å². The molecule has 3 rings (SSSR count). The Morgan fingerprint density at radius 2 is 2.18 bits per heavy atom. The molecule has 1 aromatic rings. The molecule has 1 saturated heterocycles. The fourth-order valence-electron chi connectivity index (χ4n) is 2.82. The summed E-state index contributed by atoms with van der Waals surface area (Å²) in [6.45, 7) is 1.84. The number of hydrogen-bond acceptors (Lipinski definition) is 5. The fraction of sp³-hybridized carbons (Fsp3) is 0.400. The molecule has 0 saturated carbocycles. The number of anilines is 1. The number of para-hydroxylation sites is 1. The summed E-state index contributed by atoms with van der Waals surface area (Å²) < 4.78 is 4.79. The van der Waals surface area contributed by atoms with E-state index in [-0.39, 0.29) is 11.2 Å². The van der Waals surface area contributed by atoms with Crippen LogP contribution < -0.4 is 9.80 Å². The average Bonchev–Trinajstić information content (AvgIpc) is 2.80. The Morgan fingerprint density at radius 1 is 1.41 bits per heavy atom. The first kappa shape index (κ1) is 15.1. The maximum atomic E-state index is 12.2. The molecule has 0 radical (unpaired) electrons. The van der Waals surface area contributed by atoms with Gasteiger partial charge in [0, 0.05) is 5.75 Å². The SMILES string of the molecule is COC(=O)[C@H]1C[NH+](CN2C(=O)C(=O)c3ccccc32)CCS1. The van der Waals surface area contributed by atoms with Gasteiger partial charge in [-0.1, -0.05) is 12.1 Å². The number of carbonyl (C=O) groups is 3. The van der Waals surface area contributed by atoms with Crippen LogP contribution in [0.5, 0.6) is 0 Å². The van der Waals surface area contributed by atoms with Crippen molar-refractivity contribution in [2.24, 2.45) is 0 Å². The zero-order valence-electron chi connectivity index (χ0n) is 12.2. The van der Waals surface area contributed by atoms with Gasteiger partial charge in [0.25, 0.3) is 5.78 Å². The minimum atomic E-state index is -0.485. The quantitative estimate of drug-likeness (QED) is 0.592. The van der Waals surface area contributed by atoms with Gasteiger partial charge in [-0.3, -0.25) is 19.3 Å². The molecular weight excluding hydrogens is 304 g/mol. The lowest BCUT2D eigenvalue weighted by Gasteiger charge is -2.30. The summed E-state index contributed by atoms with van der Waals surface area (Å²) in [7, 11) is 1.39. The zero-order valence-corrected chi connectivity index (χ0v) is 13.0. The number of hydrogen-bond donors (Lipinski definition) is 1. The molecule has 6 nitrogen and oxygen atoms in total. The Bertz CT molecular complexity index is 634. The number of nitrogens with zero attached hydrogens (tertiary/aromatic N) is 1. The molecule has 2 aliphatic rings. The van der Waals surface area contributed by atoms with Crippen molar-refractivity contribution >= 4 is 35.1 Å².